The second-order valence-corrected chi connectivity index (χ2v) is 7.74. The van der Waals surface area contributed by atoms with Crippen LogP contribution in [-0.2, 0) is 4.74 Å². The lowest BCUT2D eigenvalue weighted by Crippen LogP contribution is -2.14. The van der Waals surface area contributed by atoms with Gasteiger partial charge in [-0.2, -0.15) is 0 Å². The summed E-state index contributed by atoms with van der Waals surface area (Å²) in [5, 5.41) is 23.3. The molecule has 0 heterocycles. The number of hydrogen-bond acceptors (Lipinski definition) is 5. The van der Waals surface area contributed by atoms with Crippen LogP contribution in [-0.4, -0.2) is 9.85 Å². The van der Waals surface area contributed by atoms with Gasteiger partial charge >= 0.3 is 0 Å². The van der Waals surface area contributed by atoms with E-state index in [-0.39, 0.29) is 21.2 Å². The zero-order chi connectivity index (χ0) is 22.6. The molecule has 0 aliphatic carbocycles. The normalized spacial score (nSPS) is 13.0. The van der Waals surface area contributed by atoms with Crippen LogP contribution in [0.2, 0.25) is 0 Å². The van der Waals surface area contributed by atoms with E-state index in [0.717, 1.165) is 38.5 Å². The first kappa shape index (κ1) is 24.5. The molecule has 0 saturated carbocycles. The van der Waals surface area contributed by atoms with Crippen LogP contribution in [0.3, 0.4) is 0 Å². The molecule has 0 aromatic heterocycles. The standard InChI is InChI=1S/C24H32N2O5/c1-3-5-7-17-23(19-13-9-11-15-21(19)25(27)28)31-24(18-8-6-4-2)20-14-10-12-16-22(20)26(29)30/h9-16,23-24H,3-8,17-18H2,1-2H3. The molecule has 0 radical (unpaired) electrons. The molecule has 0 fully saturated rings. The summed E-state index contributed by atoms with van der Waals surface area (Å²) in [6, 6.07) is 13.3. The Balaban J connectivity index is 2.42. The second kappa shape index (κ2) is 12.8. The van der Waals surface area contributed by atoms with Crippen molar-refractivity contribution in [1.29, 1.82) is 0 Å². The van der Waals surface area contributed by atoms with Gasteiger partial charge in [-0.25, -0.2) is 0 Å². The van der Waals surface area contributed by atoms with E-state index in [1.807, 2.05) is 0 Å². The highest BCUT2D eigenvalue weighted by Gasteiger charge is 2.29. The van der Waals surface area contributed by atoms with Gasteiger partial charge in [-0.3, -0.25) is 20.2 Å². The first-order valence-electron chi connectivity index (χ1n) is 11.1. The van der Waals surface area contributed by atoms with Gasteiger partial charge in [0.1, 0.15) is 0 Å². The average Bonchev–Trinajstić information content (AvgIpc) is 2.77. The predicted octanol–water partition coefficient (Wildman–Crippen LogP) is 7.46. The Hall–Kier alpha value is -2.80. The van der Waals surface area contributed by atoms with Crippen molar-refractivity contribution in [2.45, 2.75) is 77.4 Å². The monoisotopic (exact) mass is 428 g/mol. The van der Waals surface area contributed by atoms with Crippen LogP contribution >= 0.6 is 0 Å². The molecule has 0 aliphatic rings. The summed E-state index contributed by atoms with van der Waals surface area (Å²) in [6.45, 7) is 4.20. The van der Waals surface area contributed by atoms with Gasteiger partial charge in [-0.1, -0.05) is 76.6 Å². The van der Waals surface area contributed by atoms with E-state index >= 15 is 0 Å². The first-order chi connectivity index (χ1) is 15.0. The van der Waals surface area contributed by atoms with Crippen LogP contribution in [0.5, 0.6) is 0 Å². The van der Waals surface area contributed by atoms with Crippen molar-refractivity contribution in [1.82, 2.24) is 0 Å². The summed E-state index contributed by atoms with van der Waals surface area (Å²) >= 11 is 0. The van der Waals surface area contributed by atoms with E-state index in [4.69, 9.17) is 4.74 Å². The maximum Gasteiger partial charge on any atom is 0.275 e. The topological polar surface area (TPSA) is 95.5 Å². The van der Waals surface area contributed by atoms with E-state index in [2.05, 4.69) is 13.8 Å². The van der Waals surface area contributed by atoms with E-state index < -0.39 is 12.2 Å². The molecule has 7 nitrogen and oxygen atoms in total. The first-order valence-corrected chi connectivity index (χ1v) is 11.1. The molecule has 2 unspecified atom stereocenters. The third-order valence-corrected chi connectivity index (χ3v) is 5.43. The lowest BCUT2D eigenvalue weighted by molar-refractivity contribution is -0.387. The highest BCUT2D eigenvalue weighted by atomic mass is 16.6. The third-order valence-electron chi connectivity index (χ3n) is 5.43. The summed E-state index contributed by atoms with van der Waals surface area (Å²) in [4.78, 5) is 22.5. The molecule has 0 bridgehead atoms. The van der Waals surface area contributed by atoms with E-state index in [1.54, 1.807) is 36.4 Å². The predicted molar refractivity (Wildman–Crippen MR) is 121 cm³/mol. The lowest BCUT2D eigenvalue weighted by Gasteiger charge is -2.26. The summed E-state index contributed by atoms with van der Waals surface area (Å²) in [5.41, 5.74) is 1.11. The number of nitro benzene ring substituents is 2. The summed E-state index contributed by atoms with van der Waals surface area (Å²) < 4.78 is 6.49. The molecular formula is C24H32N2O5. The maximum atomic E-state index is 11.6. The molecule has 0 amide bonds. The number of rotatable bonds is 14. The molecule has 7 heteroatoms. The Morgan fingerprint density at radius 3 is 1.45 bits per heavy atom. The second-order valence-electron chi connectivity index (χ2n) is 7.74. The van der Waals surface area contributed by atoms with Crippen molar-refractivity contribution in [2.24, 2.45) is 0 Å². The minimum absolute atomic E-state index is 0.0267. The highest BCUT2D eigenvalue weighted by Crippen LogP contribution is 2.39. The number of ether oxygens (including phenoxy) is 1. The molecule has 0 saturated heterocycles. The van der Waals surface area contributed by atoms with Crippen molar-refractivity contribution >= 4 is 11.4 Å². The molecule has 0 aliphatic heterocycles. The van der Waals surface area contributed by atoms with Crippen LogP contribution < -0.4 is 0 Å². The molecule has 2 rings (SSSR count). The Labute approximate surface area is 183 Å². The number of hydrogen-bond donors (Lipinski definition) is 0. The minimum Gasteiger partial charge on any atom is -0.365 e. The zero-order valence-electron chi connectivity index (χ0n) is 18.4. The summed E-state index contributed by atoms with van der Waals surface area (Å²) in [6.07, 6.45) is 6.02. The molecule has 0 spiro atoms. The number of para-hydroxylation sites is 2. The molecule has 2 atom stereocenters. The van der Waals surface area contributed by atoms with Crippen LogP contribution in [0.1, 0.15) is 88.5 Å². The largest absolute Gasteiger partial charge is 0.365 e. The average molecular weight is 429 g/mol. The maximum absolute atomic E-state index is 11.6. The van der Waals surface area contributed by atoms with Crippen LogP contribution in [0.15, 0.2) is 48.5 Å². The van der Waals surface area contributed by atoms with Gasteiger partial charge in [0.2, 0.25) is 0 Å². The van der Waals surface area contributed by atoms with Crippen molar-refractivity contribution < 1.29 is 14.6 Å². The van der Waals surface area contributed by atoms with Crippen LogP contribution in [0.4, 0.5) is 11.4 Å². The number of unbranched alkanes of at least 4 members (excludes halogenated alkanes) is 4. The Bertz CT molecular complexity index is 786. The fraction of sp³-hybridized carbons (Fsp3) is 0.500. The SMILES string of the molecule is CCCCCC(OC(CCCCC)c1ccccc1[N+](=O)[O-])c1ccccc1[N+](=O)[O-]. The van der Waals surface area contributed by atoms with Gasteiger partial charge in [-0.05, 0) is 25.0 Å². The molecule has 31 heavy (non-hydrogen) atoms. The molecule has 0 N–H and O–H groups in total. The van der Waals surface area contributed by atoms with Crippen molar-refractivity contribution in [3.05, 3.63) is 79.9 Å². The van der Waals surface area contributed by atoms with Crippen LogP contribution in [0, 0.1) is 20.2 Å². The highest BCUT2D eigenvalue weighted by molar-refractivity contribution is 5.43. The van der Waals surface area contributed by atoms with Gasteiger partial charge < -0.3 is 4.74 Å². The molecule has 168 valence electrons. The van der Waals surface area contributed by atoms with Crippen molar-refractivity contribution in [3.8, 4) is 0 Å². The molecule has 2 aromatic carbocycles. The number of nitrogens with zero attached hydrogens (tertiary/aromatic N) is 2. The van der Waals surface area contributed by atoms with E-state index in [0.29, 0.717) is 24.0 Å². The van der Waals surface area contributed by atoms with Gasteiger partial charge in [0.25, 0.3) is 11.4 Å². The fourth-order valence-corrected chi connectivity index (χ4v) is 3.80. The smallest absolute Gasteiger partial charge is 0.275 e. The Morgan fingerprint density at radius 1 is 0.710 bits per heavy atom. The quantitative estimate of drug-likeness (QED) is 0.177. The van der Waals surface area contributed by atoms with E-state index in [1.165, 1.54) is 12.1 Å². The van der Waals surface area contributed by atoms with Gasteiger partial charge in [-0.15, -0.1) is 0 Å². The van der Waals surface area contributed by atoms with Crippen molar-refractivity contribution in [3.63, 3.8) is 0 Å². The van der Waals surface area contributed by atoms with E-state index in [9.17, 15) is 20.2 Å². The third kappa shape index (κ3) is 7.14. The Morgan fingerprint density at radius 2 is 1.10 bits per heavy atom. The molecule has 2 aromatic rings. The minimum atomic E-state index is -0.500. The zero-order valence-corrected chi connectivity index (χ0v) is 18.4. The Kier molecular flexibility index (Phi) is 10.1. The van der Waals surface area contributed by atoms with Gasteiger partial charge in [0, 0.05) is 12.1 Å². The summed E-state index contributed by atoms with van der Waals surface area (Å²) in [5.74, 6) is 0. The van der Waals surface area contributed by atoms with Gasteiger partial charge in [0.05, 0.1) is 33.2 Å². The lowest BCUT2D eigenvalue weighted by atomic mass is 9.98. The fourth-order valence-electron chi connectivity index (χ4n) is 3.80. The van der Waals surface area contributed by atoms with Gasteiger partial charge in [0.15, 0.2) is 0 Å². The van der Waals surface area contributed by atoms with Crippen molar-refractivity contribution in [2.75, 3.05) is 0 Å². The molecular weight excluding hydrogens is 396 g/mol. The number of benzene rings is 2. The summed E-state index contributed by atoms with van der Waals surface area (Å²) in [7, 11) is 0. The van der Waals surface area contributed by atoms with Crippen LogP contribution in [0.25, 0.3) is 0 Å². The number of nitro groups is 2.